The summed E-state index contributed by atoms with van der Waals surface area (Å²) in [6.45, 7) is -0.247. The van der Waals surface area contributed by atoms with Crippen LogP contribution in [0.2, 0.25) is 0 Å². The number of amides is 2. The lowest BCUT2D eigenvalue weighted by Gasteiger charge is -2.15. The summed E-state index contributed by atoms with van der Waals surface area (Å²) < 4.78 is 38.8. The van der Waals surface area contributed by atoms with Gasteiger partial charge in [0, 0.05) is 18.2 Å². The van der Waals surface area contributed by atoms with Crippen LogP contribution < -0.4 is 15.2 Å². The second-order valence-corrected chi connectivity index (χ2v) is 8.74. The number of likely N-dealkylation sites (N-methyl/N-ethyl adjacent to an activating group) is 1. The number of hydrogen-bond acceptors (Lipinski definition) is 5. The van der Waals surface area contributed by atoms with E-state index in [0.717, 1.165) is 11.0 Å². The van der Waals surface area contributed by atoms with E-state index in [1.807, 2.05) is 6.07 Å². The molecule has 0 aliphatic heterocycles. The van der Waals surface area contributed by atoms with E-state index in [9.17, 15) is 23.2 Å². The largest absolute Gasteiger partial charge is 0.496 e. The van der Waals surface area contributed by atoms with Gasteiger partial charge in [-0.3, -0.25) is 14.4 Å². The summed E-state index contributed by atoms with van der Waals surface area (Å²) in [7, 11) is 2.80. The summed E-state index contributed by atoms with van der Waals surface area (Å²) >= 11 is 0. The highest BCUT2D eigenvalue weighted by Gasteiger charge is 2.17. The molecule has 8 nitrogen and oxygen atoms in total. The van der Waals surface area contributed by atoms with E-state index in [0.29, 0.717) is 28.0 Å². The van der Waals surface area contributed by atoms with Crippen LogP contribution in [-0.2, 0) is 11.4 Å². The zero-order chi connectivity index (χ0) is 29.9. The highest BCUT2D eigenvalue weighted by atomic mass is 19.2. The first kappa shape index (κ1) is 30.3. The molecule has 0 radical (unpaired) electrons. The molecule has 0 bridgehead atoms. The van der Waals surface area contributed by atoms with Crippen molar-refractivity contribution in [2.45, 2.75) is 6.61 Å². The molecule has 0 spiro atoms. The predicted octanol–water partition coefficient (Wildman–Crippen LogP) is 5.16. The maximum atomic E-state index is 14.3. The molecule has 0 unspecified atom stereocenters. The van der Waals surface area contributed by atoms with Crippen LogP contribution in [0.25, 0.3) is 11.1 Å². The number of ether oxygens (including phenoxy) is 2. The number of halogens is 2. The molecule has 0 heterocycles. The van der Waals surface area contributed by atoms with Gasteiger partial charge in [-0.1, -0.05) is 42.5 Å². The van der Waals surface area contributed by atoms with Crippen LogP contribution in [0.4, 0.5) is 8.78 Å². The number of benzene rings is 4. The molecule has 212 valence electrons. The topological polar surface area (TPSA) is 119 Å². The molecule has 0 aliphatic carbocycles. The smallest absolute Gasteiger partial charge is 0.323 e. The standard InChI is InChI=1S/C24H21F2NO5.C7H7NO/c1-27(13-21(28)29)24(30)17-5-3-4-15(12-17)14-32-18-8-6-16(7-9-18)22-20(31-2)11-10-19(25)23(22)26;8-7(9)6-4-2-1-3-5-6/h3-12H,13-14H2,1-2H3,(H,28,29);1-5H,(H2,8,9). The number of carbonyl (C=O) groups is 3. The van der Waals surface area contributed by atoms with Gasteiger partial charge in [0.2, 0.25) is 5.91 Å². The third-order valence-electron chi connectivity index (χ3n) is 5.78. The molecule has 0 aliphatic rings. The highest BCUT2D eigenvalue weighted by molar-refractivity contribution is 5.95. The van der Waals surface area contributed by atoms with E-state index in [1.54, 1.807) is 72.8 Å². The Morgan fingerprint density at radius 1 is 0.878 bits per heavy atom. The summed E-state index contributed by atoms with van der Waals surface area (Å²) in [5.74, 6) is -3.15. The fourth-order valence-electron chi connectivity index (χ4n) is 3.75. The van der Waals surface area contributed by atoms with Gasteiger partial charge in [0.15, 0.2) is 11.6 Å². The zero-order valence-electron chi connectivity index (χ0n) is 22.3. The first-order chi connectivity index (χ1) is 19.6. The number of methoxy groups -OCH3 is 1. The van der Waals surface area contributed by atoms with Gasteiger partial charge >= 0.3 is 5.97 Å². The maximum absolute atomic E-state index is 14.3. The molecule has 0 saturated carbocycles. The van der Waals surface area contributed by atoms with Crippen molar-refractivity contribution in [1.82, 2.24) is 4.90 Å². The second kappa shape index (κ2) is 14.2. The Balaban J connectivity index is 0.000000436. The zero-order valence-corrected chi connectivity index (χ0v) is 22.3. The molecule has 4 aromatic rings. The fourth-order valence-corrected chi connectivity index (χ4v) is 3.75. The van der Waals surface area contributed by atoms with Crippen LogP contribution in [0, 0.1) is 11.6 Å². The number of nitrogens with zero attached hydrogens (tertiary/aromatic N) is 1. The third-order valence-corrected chi connectivity index (χ3v) is 5.78. The van der Waals surface area contributed by atoms with Crippen molar-refractivity contribution in [3.05, 3.63) is 119 Å². The molecule has 0 fully saturated rings. The second-order valence-electron chi connectivity index (χ2n) is 8.74. The number of nitrogens with two attached hydrogens (primary N) is 1. The average Bonchev–Trinajstić information content (AvgIpc) is 2.98. The average molecular weight is 563 g/mol. The number of aliphatic carboxylic acids is 1. The van der Waals surface area contributed by atoms with E-state index in [2.05, 4.69) is 0 Å². The Labute approximate surface area is 235 Å². The summed E-state index contributed by atoms with van der Waals surface area (Å²) in [6, 6.07) is 24.2. The Hall–Kier alpha value is -5.25. The van der Waals surface area contributed by atoms with Crippen LogP contribution >= 0.6 is 0 Å². The molecular formula is C31H28F2N2O6. The predicted molar refractivity (Wildman–Crippen MR) is 149 cm³/mol. The number of hydrogen-bond donors (Lipinski definition) is 2. The number of carbonyl (C=O) groups excluding carboxylic acids is 2. The van der Waals surface area contributed by atoms with Crippen molar-refractivity contribution < 1.29 is 37.7 Å². The van der Waals surface area contributed by atoms with Gasteiger partial charge in [-0.15, -0.1) is 0 Å². The minimum atomic E-state index is -1.10. The molecule has 0 saturated heterocycles. The molecule has 41 heavy (non-hydrogen) atoms. The van der Waals surface area contributed by atoms with Crippen molar-refractivity contribution >= 4 is 17.8 Å². The lowest BCUT2D eigenvalue weighted by atomic mass is 10.0. The molecule has 0 atom stereocenters. The molecular weight excluding hydrogens is 534 g/mol. The van der Waals surface area contributed by atoms with Gasteiger partial charge < -0.3 is 25.2 Å². The van der Waals surface area contributed by atoms with E-state index >= 15 is 0 Å². The summed E-state index contributed by atoms with van der Waals surface area (Å²) in [5.41, 5.74) is 7.04. The first-order valence-corrected chi connectivity index (χ1v) is 12.3. The van der Waals surface area contributed by atoms with Crippen LogP contribution in [0.3, 0.4) is 0 Å². The van der Waals surface area contributed by atoms with Gasteiger partial charge in [-0.25, -0.2) is 8.78 Å². The van der Waals surface area contributed by atoms with E-state index in [4.69, 9.17) is 20.3 Å². The highest BCUT2D eigenvalue weighted by Crippen LogP contribution is 2.34. The number of carboxylic acids is 1. The van der Waals surface area contributed by atoms with Gasteiger partial charge in [-0.05, 0) is 59.7 Å². The van der Waals surface area contributed by atoms with Crippen molar-refractivity contribution in [2.75, 3.05) is 20.7 Å². The summed E-state index contributed by atoms with van der Waals surface area (Å²) in [5, 5.41) is 8.83. The summed E-state index contributed by atoms with van der Waals surface area (Å²) in [4.78, 5) is 34.7. The van der Waals surface area contributed by atoms with Gasteiger partial charge in [-0.2, -0.15) is 0 Å². The quantitative estimate of drug-likeness (QED) is 0.291. The Bertz CT molecular complexity index is 1510. The summed E-state index contributed by atoms with van der Waals surface area (Å²) in [6.07, 6.45) is 0. The normalized spacial score (nSPS) is 10.1. The minimum absolute atomic E-state index is 0.0238. The van der Waals surface area contributed by atoms with Crippen LogP contribution in [0.1, 0.15) is 26.3 Å². The monoisotopic (exact) mass is 562 g/mol. The fraction of sp³-hybridized carbons (Fsp3) is 0.129. The molecule has 10 heteroatoms. The Morgan fingerprint density at radius 3 is 2.12 bits per heavy atom. The van der Waals surface area contributed by atoms with Crippen LogP contribution in [-0.4, -0.2) is 48.5 Å². The SMILES string of the molecule is COc1ccc(F)c(F)c1-c1ccc(OCc2cccc(C(=O)N(C)CC(=O)O)c2)cc1.NC(=O)c1ccccc1. The molecule has 4 rings (SSSR count). The molecule has 4 aromatic carbocycles. The van der Waals surface area contributed by atoms with Crippen LogP contribution in [0.5, 0.6) is 11.5 Å². The van der Waals surface area contributed by atoms with Crippen molar-refractivity contribution in [2.24, 2.45) is 5.73 Å². The number of carboxylic acid groups (broad SMARTS) is 1. The van der Waals surface area contributed by atoms with Crippen molar-refractivity contribution in [3.63, 3.8) is 0 Å². The van der Waals surface area contributed by atoms with E-state index in [-0.39, 0.29) is 23.8 Å². The lowest BCUT2D eigenvalue weighted by Crippen LogP contribution is -2.31. The number of primary amides is 1. The van der Waals surface area contributed by atoms with Crippen molar-refractivity contribution in [3.8, 4) is 22.6 Å². The molecule has 2 amide bonds. The van der Waals surface area contributed by atoms with Gasteiger partial charge in [0.1, 0.15) is 24.7 Å². The molecule has 3 N–H and O–H groups in total. The van der Waals surface area contributed by atoms with Crippen LogP contribution in [0.15, 0.2) is 91.0 Å². The molecule has 0 aromatic heterocycles. The van der Waals surface area contributed by atoms with E-state index < -0.39 is 30.1 Å². The third kappa shape index (κ3) is 8.37. The first-order valence-electron chi connectivity index (χ1n) is 12.3. The Kier molecular flexibility index (Phi) is 10.5. The van der Waals surface area contributed by atoms with Gasteiger partial charge in [0.05, 0.1) is 12.7 Å². The lowest BCUT2D eigenvalue weighted by molar-refractivity contribution is -0.137. The van der Waals surface area contributed by atoms with E-state index in [1.165, 1.54) is 20.2 Å². The number of rotatable bonds is 9. The van der Waals surface area contributed by atoms with Crippen molar-refractivity contribution in [1.29, 1.82) is 0 Å². The van der Waals surface area contributed by atoms with Gasteiger partial charge in [0.25, 0.3) is 5.91 Å². The minimum Gasteiger partial charge on any atom is -0.496 e. The Morgan fingerprint density at radius 2 is 1.54 bits per heavy atom. The maximum Gasteiger partial charge on any atom is 0.323 e.